The van der Waals surface area contributed by atoms with E-state index in [1.54, 1.807) is 11.0 Å². The van der Waals surface area contributed by atoms with Gasteiger partial charge in [0.25, 0.3) is 0 Å². The summed E-state index contributed by atoms with van der Waals surface area (Å²) in [5.74, 6) is -0.286. The van der Waals surface area contributed by atoms with Crippen molar-refractivity contribution < 1.29 is 9.59 Å². The predicted molar refractivity (Wildman–Crippen MR) is 53.6 cm³/mol. The molecule has 1 fully saturated rings. The SMILES string of the molecule is C=CCNC(=O)CC(=O)N1CCCC1. The van der Waals surface area contributed by atoms with E-state index in [1.165, 1.54) is 0 Å². The number of nitrogens with zero attached hydrogens (tertiary/aromatic N) is 1. The van der Waals surface area contributed by atoms with Crippen LogP contribution in [0.15, 0.2) is 12.7 Å². The van der Waals surface area contributed by atoms with E-state index in [9.17, 15) is 9.59 Å². The van der Waals surface area contributed by atoms with E-state index in [-0.39, 0.29) is 18.2 Å². The van der Waals surface area contributed by atoms with Crippen LogP contribution in [0.2, 0.25) is 0 Å². The molecular formula is C10H16N2O2. The van der Waals surface area contributed by atoms with Crippen LogP contribution >= 0.6 is 0 Å². The van der Waals surface area contributed by atoms with Crippen LogP contribution in [0.5, 0.6) is 0 Å². The maximum Gasteiger partial charge on any atom is 0.232 e. The number of nitrogens with one attached hydrogen (secondary N) is 1. The molecule has 2 amide bonds. The summed E-state index contributed by atoms with van der Waals surface area (Å²) in [6.07, 6.45) is 3.67. The van der Waals surface area contributed by atoms with Crippen LogP contribution < -0.4 is 5.32 Å². The lowest BCUT2D eigenvalue weighted by Gasteiger charge is -2.14. The Balaban J connectivity index is 2.24. The topological polar surface area (TPSA) is 49.4 Å². The lowest BCUT2D eigenvalue weighted by molar-refractivity contribution is -0.135. The zero-order valence-electron chi connectivity index (χ0n) is 8.29. The summed E-state index contributed by atoms with van der Waals surface area (Å²) in [5.41, 5.74) is 0. The van der Waals surface area contributed by atoms with E-state index in [4.69, 9.17) is 0 Å². The first-order valence-corrected chi connectivity index (χ1v) is 4.89. The van der Waals surface area contributed by atoms with Gasteiger partial charge < -0.3 is 10.2 Å². The van der Waals surface area contributed by atoms with Crippen molar-refractivity contribution in [2.75, 3.05) is 19.6 Å². The third-order valence-electron chi connectivity index (χ3n) is 2.21. The van der Waals surface area contributed by atoms with Crippen LogP contribution in [-0.2, 0) is 9.59 Å². The van der Waals surface area contributed by atoms with E-state index < -0.39 is 0 Å². The van der Waals surface area contributed by atoms with Gasteiger partial charge in [-0.15, -0.1) is 6.58 Å². The average Bonchev–Trinajstić information content (AvgIpc) is 2.67. The molecule has 4 heteroatoms. The summed E-state index contributed by atoms with van der Waals surface area (Å²) in [5, 5.41) is 2.58. The highest BCUT2D eigenvalue weighted by atomic mass is 16.2. The summed E-state index contributed by atoms with van der Waals surface area (Å²) in [6.45, 7) is 5.50. The fourth-order valence-electron chi connectivity index (χ4n) is 1.46. The molecule has 14 heavy (non-hydrogen) atoms. The van der Waals surface area contributed by atoms with E-state index in [0.717, 1.165) is 25.9 Å². The van der Waals surface area contributed by atoms with Gasteiger partial charge in [-0.2, -0.15) is 0 Å². The minimum atomic E-state index is -0.221. The summed E-state index contributed by atoms with van der Waals surface area (Å²) in [4.78, 5) is 24.4. The Hall–Kier alpha value is -1.32. The second-order valence-electron chi connectivity index (χ2n) is 3.36. The van der Waals surface area contributed by atoms with Gasteiger partial charge in [-0.25, -0.2) is 0 Å². The lowest BCUT2D eigenvalue weighted by Crippen LogP contribution is -2.33. The van der Waals surface area contributed by atoms with Crippen molar-refractivity contribution in [1.29, 1.82) is 0 Å². The van der Waals surface area contributed by atoms with Crippen molar-refractivity contribution >= 4 is 11.8 Å². The Morgan fingerprint density at radius 3 is 2.57 bits per heavy atom. The molecule has 1 aliphatic rings. The highest BCUT2D eigenvalue weighted by molar-refractivity contribution is 5.96. The predicted octanol–water partition coefficient (Wildman–Crippen LogP) is 0.301. The van der Waals surface area contributed by atoms with Crippen molar-refractivity contribution in [2.45, 2.75) is 19.3 Å². The Morgan fingerprint density at radius 2 is 2.00 bits per heavy atom. The highest BCUT2D eigenvalue weighted by Crippen LogP contribution is 2.08. The Bertz CT molecular complexity index is 232. The average molecular weight is 196 g/mol. The first-order valence-electron chi connectivity index (χ1n) is 4.89. The highest BCUT2D eigenvalue weighted by Gasteiger charge is 2.19. The van der Waals surface area contributed by atoms with Gasteiger partial charge in [-0.05, 0) is 12.8 Å². The van der Waals surface area contributed by atoms with Gasteiger partial charge in [0.05, 0.1) is 0 Å². The molecule has 0 unspecified atom stereocenters. The van der Waals surface area contributed by atoms with Crippen molar-refractivity contribution in [3.8, 4) is 0 Å². The van der Waals surface area contributed by atoms with E-state index in [0.29, 0.717) is 6.54 Å². The summed E-state index contributed by atoms with van der Waals surface area (Å²) in [6, 6.07) is 0. The molecule has 0 aromatic carbocycles. The minimum absolute atomic E-state index is 0.0339. The van der Waals surface area contributed by atoms with Crippen molar-refractivity contribution in [1.82, 2.24) is 10.2 Å². The van der Waals surface area contributed by atoms with Gasteiger partial charge in [-0.1, -0.05) is 6.08 Å². The second-order valence-corrected chi connectivity index (χ2v) is 3.36. The van der Waals surface area contributed by atoms with Crippen LogP contribution in [-0.4, -0.2) is 36.3 Å². The molecule has 0 bridgehead atoms. The van der Waals surface area contributed by atoms with Gasteiger partial charge in [0, 0.05) is 19.6 Å². The van der Waals surface area contributed by atoms with Crippen LogP contribution in [0.3, 0.4) is 0 Å². The zero-order chi connectivity index (χ0) is 10.4. The molecule has 0 aromatic rings. The van der Waals surface area contributed by atoms with Crippen LogP contribution in [0.4, 0.5) is 0 Å². The molecule has 0 radical (unpaired) electrons. The Kier molecular flexibility index (Phi) is 4.16. The van der Waals surface area contributed by atoms with Gasteiger partial charge in [0.15, 0.2) is 0 Å². The monoisotopic (exact) mass is 196 g/mol. The fourth-order valence-corrected chi connectivity index (χ4v) is 1.46. The van der Waals surface area contributed by atoms with Gasteiger partial charge >= 0.3 is 0 Å². The maximum atomic E-state index is 11.5. The molecule has 1 rings (SSSR count). The molecule has 0 aliphatic carbocycles. The molecule has 1 aliphatic heterocycles. The third-order valence-corrected chi connectivity index (χ3v) is 2.21. The van der Waals surface area contributed by atoms with Crippen molar-refractivity contribution in [2.24, 2.45) is 0 Å². The molecule has 0 spiro atoms. The fraction of sp³-hybridized carbons (Fsp3) is 0.600. The molecule has 0 saturated carbocycles. The summed E-state index contributed by atoms with van der Waals surface area (Å²) in [7, 11) is 0. The summed E-state index contributed by atoms with van der Waals surface area (Å²) >= 11 is 0. The molecular weight excluding hydrogens is 180 g/mol. The zero-order valence-corrected chi connectivity index (χ0v) is 8.29. The smallest absolute Gasteiger partial charge is 0.232 e. The quantitative estimate of drug-likeness (QED) is 0.519. The molecule has 0 atom stereocenters. The molecule has 1 N–H and O–H groups in total. The van der Waals surface area contributed by atoms with Crippen LogP contribution in [0.1, 0.15) is 19.3 Å². The van der Waals surface area contributed by atoms with E-state index >= 15 is 0 Å². The van der Waals surface area contributed by atoms with E-state index in [2.05, 4.69) is 11.9 Å². The number of hydrogen-bond donors (Lipinski definition) is 1. The Morgan fingerprint density at radius 1 is 1.36 bits per heavy atom. The standard InChI is InChI=1S/C10H16N2O2/c1-2-5-11-9(13)8-10(14)12-6-3-4-7-12/h2H,1,3-8H2,(H,11,13). The van der Waals surface area contributed by atoms with Gasteiger partial charge in [0.1, 0.15) is 6.42 Å². The van der Waals surface area contributed by atoms with E-state index in [1.807, 2.05) is 0 Å². The van der Waals surface area contributed by atoms with Crippen LogP contribution in [0.25, 0.3) is 0 Å². The number of amides is 2. The molecule has 1 heterocycles. The van der Waals surface area contributed by atoms with Crippen LogP contribution in [0, 0.1) is 0 Å². The van der Waals surface area contributed by atoms with Crippen molar-refractivity contribution in [3.63, 3.8) is 0 Å². The molecule has 4 nitrogen and oxygen atoms in total. The number of carbonyl (C=O) groups is 2. The minimum Gasteiger partial charge on any atom is -0.352 e. The normalized spacial score (nSPS) is 15.3. The first-order chi connectivity index (χ1) is 6.74. The number of carbonyl (C=O) groups excluding carboxylic acids is 2. The lowest BCUT2D eigenvalue weighted by atomic mass is 10.3. The molecule has 78 valence electrons. The van der Waals surface area contributed by atoms with Gasteiger partial charge in [-0.3, -0.25) is 9.59 Å². The number of hydrogen-bond acceptors (Lipinski definition) is 2. The third kappa shape index (κ3) is 3.20. The number of likely N-dealkylation sites (tertiary alicyclic amines) is 1. The largest absolute Gasteiger partial charge is 0.352 e. The Labute approximate surface area is 84.0 Å². The molecule has 1 saturated heterocycles. The second kappa shape index (κ2) is 5.42. The summed E-state index contributed by atoms with van der Waals surface area (Å²) < 4.78 is 0. The maximum absolute atomic E-state index is 11.5. The van der Waals surface area contributed by atoms with Gasteiger partial charge in [0.2, 0.25) is 11.8 Å². The first kappa shape index (κ1) is 10.8. The van der Waals surface area contributed by atoms with Crippen molar-refractivity contribution in [3.05, 3.63) is 12.7 Å². The number of rotatable bonds is 4. The molecule has 0 aromatic heterocycles.